The fourth-order valence-electron chi connectivity index (χ4n) is 0.997. The summed E-state index contributed by atoms with van der Waals surface area (Å²) >= 11 is 0. The van der Waals surface area contributed by atoms with Crippen LogP contribution in [-0.2, 0) is 9.47 Å². The number of hydrogen-bond donors (Lipinski definition) is 2. The Morgan fingerprint density at radius 3 is 1.90 bits per heavy atom. The van der Waals surface area contributed by atoms with Gasteiger partial charge in [0.15, 0.2) is 0 Å². The predicted molar refractivity (Wildman–Crippen MR) is 88.3 cm³/mol. The van der Waals surface area contributed by atoms with Gasteiger partial charge in [0.25, 0.3) is 0 Å². The second-order valence-corrected chi connectivity index (χ2v) is 5.05. The highest BCUT2D eigenvalue weighted by Gasteiger charge is 1.96. The molecule has 0 radical (unpaired) electrons. The van der Waals surface area contributed by atoms with Gasteiger partial charge in [0, 0.05) is 19.8 Å². The molecule has 1 saturated carbocycles. The van der Waals surface area contributed by atoms with Gasteiger partial charge >= 0.3 is 0 Å². The Morgan fingerprint density at radius 2 is 1.52 bits per heavy atom. The topological polar surface area (TPSA) is 58.9 Å². The van der Waals surface area contributed by atoms with Gasteiger partial charge in [-0.05, 0) is 39.0 Å². The lowest BCUT2D eigenvalue weighted by molar-refractivity contribution is 0.0587. The lowest BCUT2D eigenvalue weighted by atomic mass is 10.3. The highest BCUT2D eigenvalue weighted by Crippen LogP contribution is 2.14. The van der Waals surface area contributed by atoms with Crippen molar-refractivity contribution < 1.29 is 19.7 Å². The van der Waals surface area contributed by atoms with Crippen molar-refractivity contribution in [3.8, 4) is 0 Å². The lowest BCUT2D eigenvalue weighted by Gasteiger charge is -2.08. The number of aliphatic hydroxyl groups is 2. The Bertz CT molecular complexity index is 181. The van der Waals surface area contributed by atoms with Crippen molar-refractivity contribution in [2.45, 2.75) is 71.3 Å². The highest BCUT2D eigenvalue weighted by atomic mass is 16.5. The number of aliphatic hydroxyl groups excluding tert-OH is 2. The van der Waals surface area contributed by atoms with Gasteiger partial charge in [-0.2, -0.15) is 0 Å². The molecular formula is C17H36O4. The summed E-state index contributed by atoms with van der Waals surface area (Å²) in [6, 6.07) is 0. The van der Waals surface area contributed by atoms with Crippen molar-refractivity contribution in [2.75, 3.05) is 26.4 Å². The second kappa shape index (κ2) is 21.7. The van der Waals surface area contributed by atoms with Crippen molar-refractivity contribution in [3.63, 3.8) is 0 Å². The summed E-state index contributed by atoms with van der Waals surface area (Å²) in [5.74, 6) is 0. The molecule has 0 amide bonds. The third kappa shape index (κ3) is 32.7. The largest absolute Gasteiger partial charge is 0.502 e. The van der Waals surface area contributed by atoms with E-state index in [1.54, 1.807) is 0 Å². The van der Waals surface area contributed by atoms with E-state index in [-0.39, 0.29) is 13.2 Å². The summed E-state index contributed by atoms with van der Waals surface area (Å²) in [6.45, 7) is 9.54. The van der Waals surface area contributed by atoms with Crippen LogP contribution >= 0.6 is 0 Å². The molecule has 21 heavy (non-hydrogen) atoms. The molecule has 0 aliphatic heterocycles. The summed E-state index contributed by atoms with van der Waals surface area (Å²) in [5, 5.41) is 16.7. The van der Waals surface area contributed by atoms with Gasteiger partial charge in [-0.25, -0.2) is 0 Å². The van der Waals surface area contributed by atoms with Crippen LogP contribution < -0.4 is 0 Å². The van der Waals surface area contributed by atoms with Gasteiger partial charge in [0.2, 0.25) is 0 Å². The predicted octanol–water partition coefficient (Wildman–Crippen LogP) is 3.66. The average Bonchev–Trinajstić information content (AvgIpc) is 3.37. The van der Waals surface area contributed by atoms with Gasteiger partial charge in [0.05, 0.1) is 19.0 Å². The normalized spacial score (nSPS) is 13.1. The molecule has 1 atom stereocenters. The van der Waals surface area contributed by atoms with Gasteiger partial charge in [-0.1, -0.05) is 32.8 Å². The molecular weight excluding hydrogens is 268 g/mol. The Hall–Kier alpha value is -0.580. The molecule has 4 heteroatoms. The zero-order chi connectivity index (χ0) is 16.2. The number of rotatable bonds is 11. The maximum atomic E-state index is 8.43. The van der Waals surface area contributed by atoms with E-state index in [0.29, 0.717) is 12.7 Å². The summed E-state index contributed by atoms with van der Waals surface area (Å²) in [6.07, 6.45) is 10.9. The van der Waals surface area contributed by atoms with E-state index in [0.717, 1.165) is 38.7 Å². The molecule has 1 aliphatic carbocycles. The fraction of sp³-hybridized carbons (Fsp3) is 0.882. The van der Waals surface area contributed by atoms with Crippen LogP contribution in [0.1, 0.15) is 65.2 Å². The molecule has 0 heterocycles. The Kier molecular flexibility index (Phi) is 23.5. The molecule has 1 rings (SSSR count). The molecule has 0 aromatic heterocycles. The van der Waals surface area contributed by atoms with Crippen molar-refractivity contribution in [1.82, 2.24) is 0 Å². The minimum atomic E-state index is 0.250. The van der Waals surface area contributed by atoms with E-state index in [2.05, 4.69) is 20.4 Å². The molecule has 0 bridgehead atoms. The average molecular weight is 304 g/mol. The minimum Gasteiger partial charge on any atom is -0.502 e. The van der Waals surface area contributed by atoms with Crippen molar-refractivity contribution >= 4 is 0 Å². The quantitative estimate of drug-likeness (QED) is 0.452. The molecule has 0 saturated heterocycles. The van der Waals surface area contributed by atoms with Gasteiger partial charge in [-0.15, -0.1) is 0 Å². The van der Waals surface area contributed by atoms with Crippen LogP contribution in [0.15, 0.2) is 12.8 Å². The first-order chi connectivity index (χ1) is 10.2. The van der Waals surface area contributed by atoms with Gasteiger partial charge < -0.3 is 19.7 Å². The van der Waals surface area contributed by atoms with Gasteiger partial charge in [-0.3, -0.25) is 0 Å². The maximum absolute atomic E-state index is 8.43. The zero-order valence-corrected chi connectivity index (χ0v) is 14.1. The van der Waals surface area contributed by atoms with E-state index in [9.17, 15) is 0 Å². The summed E-state index contributed by atoms with van der Waals surface area (Å²) in [4.78, 5) is 0. The monoisotopic (exact) mass is 304 g/mol. The summed E-state index contributed by atoms with van der Waals surface area (Å²) in [7, 11) is 0. The molecule has 0 aromatic rings. The van der Waals surface area contributed by atoms with Crippen molar-refractivity contribution in [3.05, 3.63) is 12.8 Å². The van der Waals surface area contributed by atoms with Crippen LogP contribution in [0, 0.1) is 0 Å². The van der Waals surface area contributed by atoms with Crippen molar-refractivity contribution in [1.29, 1.82) is 0 Å². The van der Waals surface area contributed by atoms with Crippen LogP contribution in [-0.4, -0.2) is 42.7 Å². The lowest BCUT2D eigenvalue weighted by Crippen LogP contribution is -2.07. The molecule has 1 aliphatic rings. The van der Waals surface area contributed by atoms with Crippen LogP contribution in [0.3, 0.4) is 0 Å². The first-order valence-corrected chi connectivity index (χ1v) is 8.28. The summed E-state index contributed by atoms with van der Waals surface area (Å²) in [5.41, 5.74) is 0. The first-order valence-electron chi connectivity index (χ1n) is 8.28. The molecule has 1 fully saturated rings. The molecule has 1 unspecified atom stereocenters. The van der Waals surface area contributed by atoms with Crippen LogP contribution in [0.5, 0.6) is 0 Å². The second-order valence-electron chi connectivity index (χ2n) is 5.05. The van der Waals surface area contributed by atoms with Crippen LogP contribution in [0.2, 0.25) is 0 Å². The third-order valence-corrected chi connectivity index (χ3v) is 2.67. The summed E-state index contributed by atoms with van der Waals surface area (Å²) < 4.78 is 10.2. The minimum absolute atomic E-state index is 0.250. The standard InChI is InChI=1S/C8H18O2.C6H12O2.C3H6/c1-3-8(2)10-7-5-4-6-9;1-2-8-6-4-3-5-7;1-2-3-1/h8-9H,3-7H2,1-2H3;2,7H,1,3-6H2;1-3H2. The smallest absolute Gasteiger partial charge is 0.0873 e. The first kappa shape index (κ1) is 22.7. The maximum Gasteiger partial charge on any atom is 0.0873 e. The molecule has 128 valence electrons. The Labute approximate surface area is 131 Å². The van der Waals surface area contributed by atoms with Crippen LogP contribution in [0.25, 0.3) is 0 Å². The number of unbranched alkanes of at least 4 members (excludes halogenated alkanes) is 2. The zero-order valence-electron chi connectivity index (χ0n) is 14.1. The Balaban J connectivity index is 0. The van der Waals surface area contributed by atoms with Crippen LogP contribution in [0.4, 0.5) is 0 Å². The SMILES string of the molecule is C1CC1.C=COCCCCO.CCC(C)OCCCCO. The van der Waals surface area contributed by atoms with E-state index in [4.69, 9.17) is 19.7 Å². The highest BCUT2D eigenvalue weighted by molar-refractivity contribution is 4.50. The Morgan fingerprint density at radius 1 is 1.00 bits per heavy atom. The molecule has 0 spiro atoms. The van der Waals surface area contributed by atoms with Gasteiger partial charge in [0.1, 0.15) is 0 Å². The fourth-order valence-corrected chi connectivity index (χ4v) is 0.997. The van der Waals surface area contributed by atoms with E-state index < -0.39 is 0 Å². The molecule has 4 nitrogen and oxygen atoms in total. The van der Waals surface area contributed by atoms with E-state index in [1.165, 1.54) is 25.5 Å². The van der Waals surface area contributed by atoms with Crippen molar-refractivity contribution in [2.24, 2.45) is 0 Å². The third-order valence-electron chi connectivity index (χ3n) is 2.67. The van der Waals surface area contributed by atoms with E-state index >= 15 is 0 Å². The number of ether oxygens (including phenoxy) is 2. The molecule has 0 aromatic carbocycles. The number of hydrogen-bond acceptors (Lipinski definition) is 4. The van der Waals surface area contributed by atoms with E-state index in [1.807, 2.05) is 0 Å². The molecule has 2 N–H and O–H groups in total.